The molecule has 3 nitrogen and oxygen atoms in total. The molecule has 1 N–H and O–H groups in total. The molecule has 1 aliphatic carbocycles. The lowest BCUT2D eigenvalue weighted by Gasteiger charge is -2.28. The van der Waals surface area contributed by atoms with Crippen molar-refractivity contribution in [1.29, 1.82) is 0 Å². The minimum absolute atomic E-state index is 0.00335. The van der Waals surface area contributed by atoms with Crippen LogP contribution in [0, 0.1) is 0 Å². The van der Waals surface area contributed by atoms with Crippen molar-refractivity contribution in [2.24, 2.45) is 0 Å². The van der Waals surface area contributed by atoms with Crippen LogP contribution < -0.4 is 0 Å². The highest BCUT2D eigenvalue weighted by Crippen LogP contribution is 2.34. The number of aromatic hydroxyl groups is 1. The molecule has 0 atom stereocenters. The normalized spacial score (nSPS) is 19.9. The van der Waals surface area contributed by atoms with E-state index in [1.807, 2.05) is 0 Å². The molecule has 1 saturated carbocycles. The number of ether oxygens (including phenoxy) is 1. The summed E-state index contributed by atoms with van der Waals surface area (Å²) in [5.41, 5.74) is 3.33. The Morgan fingerprint density at radius 3 is 2.27 bits per heavy atom. The van der Waals surface area contributed by atoms with Crippen LogP contribution in [0.3, 0.4) is 0 Å². The minimum Gasteiger partial charge on any atom is -0.508 e. The van der Waals surface area contributed by atoms with Crippen molar-refractivity contribution >= 4 is 5.97 Å². The van der Waals surface area contributed by atoms with E-state index in [1.54, 1.807) is 12.1 Å². The Morgan fingerprint density at radius 1 is 1.00 bits per heavy atom. The molecule has 3 rings (SSSR count). The first kappa shape index (κ1) is 18.5. The monoisotopic (exact) mass is 352 g/mol. The number of esters is 1. The third-order valence-electron chi connectivity index (χ3n) is 5.32. The number of carbonyl (C=O) groups excluding carboxylic acids is 1. The fraction of sp³-hybridized carbons (Fsp3) is 0.435. The molecule has 0 bridgehead atoms. The average Bonchev–Trinajstić information content (AvgIpc) is 2.68. The molecule has 0 radical (unpaired) electrons. The molecular weight excluding hydrogens is 324 g/mol. The van der Waals surface area contributed by atoms with E-state index < -0.39 is 0 Å². The maximum Gasteiger partial charge on any atom is 0.338 e. The first-order chi connectivity index (χ1) is 12.7. The Kier molecular flexibility index (Phi) is 6.32. The number of phenols is 1. The summed E-state index contributed by atoms with van der Waals surface area (Å²) in [5, 5.41) is 9.30. The number of hydrogen-bond acceptors (Lipinski definition) is 3. The standard InChI is InChI=1S/C23H28O3/c1-2-3-4-17-5-7-18(8-6-17)19-11-15-22(16-12-19)26-23(25)20-9-13-21(24)14-10-20/h5-10,13-14,19,22,24H,2-4,11-12,15-16H2,1H3. The van der Waals surface area contributed by atoms with Crippen molar-refractivity contribution in [3.63, 3.8) is 0 Å². The summed E-state index contributed by atoms with van der Waals surface area (Å²) in [5.74, 6) is 0.426. The second-order valence-electron chi connectivity index (χ2n) is 7.27. The van der Waals surface area contributed by atoms with Crippen LogP contribution in [-0.2, 0) is 11.2 Å². The third-order valence-corrected chi connectivity index (χ3v) is 5.32. The van der Waals surface area contributed by atoms with Gasteiger partial charge in [0.15, 0.2) is 0 Å². The summed E-state index contributed by atoms with van der Waals surface area (Å²) in [6.45, 7) is 2.22. The Balaban J connectivity index is 1.49. The number of hydrogen-bond donors (Lipinski definition) is 1. The number of unbranched alkanes of at least 4 members (excludes halogenated alkanes) is 1. The van der Waals surface area contributed by atoms with E-state index in [4.69, 9.17) is 4.74 Å². The molecule has 0 spiro atoms. The van der Waals surface area contributed by atoms with Gasteiger partial charge in [0, 0.05) is 0 Å². The molecule has 3 heteroatoms. The molecule has 1 aliphatic rings. The number of rotatable bonds is 6. The first-order valence-electron chi connectivity index (χ1n) is 9.74. The molecule has 0 amide bonds. The Morgan fingerprint density at radius 2 is 1.65 bits per heavy atom. The first-order valence-corrected chi connectivity index (χ1v) is 9.74. The molecule has 0 saturated heterocycles. The maximum atomic E-state index is 12.2. The summed E-state index contributed by atoms with van der Waals surface area (Å²) < 4.78 is 5.64. The van der Waals surface area contributed by atoms with Crippen molar-refractivity contribution in [2.75, 3.05) is 0 Å². The summed E-state index contributed by atoms with van der Waals surface area (Å²) in [6, 6.07) is 15.3. The van der Waals surface area contributed by atoms with Gasteiger partial charge >= 0.3 is 5.97 Å². The van der Waals surface area contributed by atoms with E-state index in [9.17, 15) is 9.90 Å². The molecule has 138 valence electrons. The van der Waals surface area contributed by atoms with Crippen LogP contribution in [-0.4, -0.2) is 17.2 Å². The highest BCUT2D eigenvalue weighted by Gasteiger charge is 2.25. The van der Waals surface area contributed by atoms with Crippen LogP contribution in [0.4, 0.5) is 0 Å². The Hall–Kier alpha value is -2.29. The van der Waals surface area contributed by atoms with Crippen LogP contribution in [0.5, 0.6) is 5.75 Å². The summed E-state index contributed by atoms with van der Waals surface area (Å²) in [7, 11) is 0. The van der Waals surface area contributed by atoms with Gasteiger partial charge in [0.2, 0.25) is 0 Å². The van der Waals surface area contributed by atoms with Gasteiger partial charge in [-0.3, -0.25) is 0 Å². The van der Waals surface area contributed by atoms with E-state index in [-0.39, 0.29) is 17.8 Å². The van der Waals surface area contributed by atoms with E-state index in [0.29, 0.717) is 11.5 Å². The predicted molar refractivity (Wildman–Crippen MR) is 104 cm³/mol. The van der Waals surface area contributed by atoms with Crippen LogP contribution in [0.2, 0.25) is 0 Å². The van der Waals surface area contributed by atoms with Gasteiger partial charge in [-0.15, -0.1) is 0 Å². The molecule has 0 aliphatic heterocycles. The second kappa shape index (κ2) is 8.88. The van der Waals surface area contributed by atoms with Gasteiger partial charge in [-0.25, -0.2) is 4.79 Å². The van der Waals surface area contributed by atoms with Crippen LogP contribution in [0.1, 0.15) is 72.9 Å². The van der Waals surface area contributed by atoms with E-state index in [1.165, 1.54) is 36.1 Å². The van der Waals surface area contributed by atoms with Gasteiger partial charge < -0.3 is 9.84 Å². The molecule has 1 fully saturated rings. The fourth-order valence-electron chi connectivity index (χ4n) is 3.67. The van der Waals surface area contributed by atoms with Gasteiger partial charge in [-0.2, -0.15) is 0 Å². The summed E-state index contributed by atoms with van der Waals surface area (Å²) in [6.07, 6.45) is 7.57. The molecule has 2 aromatic rings. The van der Waals surface area contributed by atoms with Gasteiger partial charge in [0.25, 0.3) is 0 Å². The Bertz CT molecular complexity index is 695. The number of aryl methyl sites for hydroxylation is 1. The van der Waals surface area contributed by atoms with Crippen molar-refractivity contribution in [1.82, 2.24) is 0 Å². The lowest BCUT2D eigenvalue weighted by atomic mass is 9.82. The number of benzene rings is 2. The van der Waals surface area contributed by atoms with E-state index in [0.717, 1.165) is 32.1 Å². The molecule has 0 aromatic heterocycles. The molecule has 2 aromatic carbocycles. The number of phenolic OH excluding ortho intramolecular Hbond substituents is 1. The number of carbonyl (C=O) groups is 1. The van der Waals surface area contributed by atoms with Crippen LogP contribution in [0.25, 0.3) is 0 Å². The lowest BCUT2D eigenvalue weighted by molar-refractivity contribution is 0.0195. The van der Waals surface area contributed by atoms with Gasteiger partial charge in [-0.05, 0) is 79.8 Å². The maximum absolute atomic E-state index is 12.2. The minimum atomic E-state index is -0.297. The molecular formula is C23H28O3. The van der Waals surface area contributed by atoms with Crippen LogP contribution >= 0.6 is 0 Å². The summed E-state index contributed by atoms with van der Waals surface area (Å²) in [4.78, 5) is 12.2. The zero-order valence-corrected chi connectivity index (χ0v) is 15.5. The largest absolute Gasteiger partial charge is 0.508 e. The van der Waals surface area contributed by atoms with E-state index >= 15 is 0 Å². The van der Waals surface area contributed by atoms with Gasteiger partial charge in [0.1, 0.15) is 11.9 Å². The van der Waals surface area contributed by atoms with Gasteiger partial charge in [0.05, 0.1) is 5.56 Å². The Labute approximate surface area is 156 Å². The third kappa shape index (κ3) is 4.87. The van der Waals surface area contributed by atoms with E-state index in [2.05, 4.69) is 31.2 Å². The van der Waals surface area contributed by atoms with Crippen molar-refractivity contribution in [3.8, 4) is 5.75 Å². The summed E-state index contributed by atoms with van der Waals surface area (Å²) >= 11 is 0. The van der Waals surface area contributed by atoms with Crippen molar-refractivity contribution in [3.05, 3.63) is 65.2 Å². The highest BCUT2D eigenvalue weighted by molar-refractivity contribution is 5.89. The quantitative estimate of drug-likeness (QED) is 0.687. The smallest absolute Gasteiger partial charge is 0.338 e. The predicted octanol–water partition coefficient (Wildman–Crippen LogP) is 5.62. The lowest BCUT2D eigenvalue weighted by Crippen LogP contribution is -2.23. The topological polar surface area (TPSA) is 46.5 Å². The van der Waals surface area contributed by atoms with Crippen LogP contribution in [0.15, 0.2) is 48.5 Å². The van der Waals surface area contributed by atoms with Crippen molar-refractivity contribution in [2.45, 2.75) is 63.9 Å². The van der Waals surface area contributed by atoms with Gasteiger partial charge in [-0.1, -0.05) is 37.6 Å². The highest BCUT2D eigenvalue weighted by atomic mass is 16.5. The second-order valence-corrected chi connectivity index (χ2v) is 7.27. The molecule has 0 unspecified atom stereocenters. The zero-order chi connectivity index (χ0) is 18.4. The van der Waals surface area contributed by atoms with Crippen molar-refractivity contribution < 1.29 is 14.6 Å². The molecule has 26 heavy (non-hydrogen) atoms. The fourth-order valence-corrected chi connectivity index (χ4v) is 3.67. The SMILES string of the molecule is CCCCc1ccc(C2CCC(OC(=O)c3ccc(O)cc3)CC2)cc1. The molecule has 0 heterocycles. The average molecular weight is 352 g/mol. The zero-order valence-electron chi connectivity index (χ0n) is 15.5.